The van der Waals surface area contributed by atoms with Gasteiger partial charge in [0.1, 0.15) is 5.01 Å². The van der Waals surface area contributed by atoms with Crippen LogP contribution in [0, 0.1) is 0 Å². The Morgan fingerprint density at radius 1 is 1.75 bits per heavy atom. The molecule has 0 aliphatic rings. The summed E-state index contributed by atoms with van der Waals surface area (Å²) in [5.74, 6) is 0. The van der Waals surface area contributed by atoms with Crippen LogP contribution in [-0.2, 0) is 6.54 Å². The highest BCUT2D eigenvalue weighted by atomic mass is 32.1. The smallest absolute Gasteiger partial charge is 0.106 e. The first-order valence-corrected chi connectivity index (χ1v) is 4.94. The molecule has 0 aliphatic heterocycles. The highest BCUT2D eigenvalue weighted by molar-refractivity contribution is 7.09. The zero-order valence-corrected chi connectivity index (χ0v) is 7.97. The van der Waals surface area contributed by atoms with Gasteiger partial charge in [-0.1, -0.05) is 0 Å². The number of aromatic nitrogens is 1. The van der Waals surface area contributed by atoms with Gasteiger partial charge in [-0.2, -0.15) is 0 Å². The van der Waals surface area contributed by atoms with Crippen LogP contribution in [0.2, 0.25) is 0 Å². The molecule has 1 rings (SSSR count). The van der Waals surface area contributed by atoms with Crippen molar-refractivity contribution in [2.75, 3.05) is 6.54 Å². The molecule has 68 valence electrons. The van der Waals surface area contributed by atoms with E-state index in [-0.39, 0.29) is 6.10 Å². The minimum atomic E-state index is -0.214. The molecule has 2 N–H and O–H groups in total. The van der Waals surface area contributed by atoms with Gasteiger partial charge in [-0.25, -0.2) is 4.98 Å². The van der Waals surface area contributed by atoms with E-state index in [4.69, 9.17) is 5.11 Å². The van der Waals surface area contributed by atoms with Crippen molar-refractivity contribution in [1.29, 1.82) is 0 Å². The van der Waals surface area contributed by atoms with Crippen LogP contribution in [-0.4, -0.2) is 22.7 Å². The van der Waals surface area contributed by atoms with Crippen LogP contribution in [0.15, 0.2) is 11.6 Å². The van der Waals surface area contributed by atoms with Gasteiger partial charge in [0.15, 0.2) is 0 Å². The van der Waals surface area contributed by atoms with Gasteiger partial charge < -0.3 is 10.4 Å². The summed E-state index contributed by atoms with van der Waals surface area (Å²) in [7, 11) is 0. The molecule has 1 atom stereocenters. The number of aliphatic hydroxyl groups is 1. The third kappa shape index (κ3) is 3.80. The molecule has 0 bridgehead atoms. The molecule has 0 saturated heterocycles. The fraction of sp³-hybridized carbons (Fsp3) is 0.625. The van der Waals surface area contributed by atoms with E-state index >= 15 is 0 Å². The topological polar surface area (TPSA) is 45.1 Å². The lowest BCUT2D eigenvalue weighted by atomic mass is 10.3. The Balaban J connectivity index is 2.04. The van der Waals surface area contributed by atoms with Crippen molar-refractivity contribution >= 4 is 11.3 Å². The molecule has 0 aromatic carbocycles. The maximum absolute atomic E-state index is 8.96. The Morgan fingerprint density at radius 2 is 2.58 bits per heavy atom. The fourth-order valence-electron chi connectivity index (χ4n) is 0.847. The van der Waals surface area contributed by atoms with Crippen molar-refractivity contribution < 1.29 is 5.11 Å². The third-order valence-corrected chi connectivity index (χ3v) is 2.28. The van der Waals surface area contributed by atoms with E-state index in [1.165, 1.54) is 0 Å². The number of hydrogen-bond donors (Lipinski definition) is 2. The third-order valence-electron chi connectivity index (χ3n) is 1.50. The van der Waals surface area contributed by atoms with Crippen molar-refractivity contribution in [3.8, 4) is 0 Å². The lowest BCUT2D eigenvalue weighted by molar-refractivity contribution is 0.183. The SMILES string of the molecule is CC(O)CCNCc1nccs1. The number of nitrogens with zero attached hydrogens (tertiary/aromatic N) is 1. The molecular formula is C8H14N2OS. The number of rotatable bonds is 5. The van der Waals surface area contributed by atoms with Crippen molar-refractivity contribution in [1.82, 2.24) is 10.3 Å². The van der Waals surface area contributed by atoms with Gasteiger partial charge in [-0.05, 0) is 19.9 Å². The average Bonchev–Trinajstić information content (AvgIpc) is 2.49. The Kier molecular flexibility index (Phi) is 4.21. The summed E-state index contributed by atoms with van der Waals surface area (Å²) < 4.78 is 0. The van der Waals surface area contributed by atoms with Gasteiger partial charge in [0, 0.05) is 18.1 Å². The normalized spacial score (nSPS) is 13.2. The van der Waals surface area contributed by atoms with Gasteiger partial charge in [-0.3, -0.25) is 0 Å². The predicted octanol–water partition coefficient (Wildman–Crippen LogP) is 1.00. The van der Waals surface area contributed by atoms with Gasteiger partial charge in [-0.15, -0.1) is 11.3 Å². The number of thiazole rings is 1. The second kappa shape index (κ2) is 5.24. The molecule has 3 nitrogen and oxygen atoms in total. The molecule has 12 heavy (non-hydrogen) atoms. The minimum absolute atomic E-state index is 0.214. The molecule has 1 unspecified atom stereocenters. The van der Waals surface area contributed by atoms with Crippen LogP contribution < -0.4 is 5.32 Å². The van der Waals surface area contributed by atoms with Crippen LogP contribution >= 0.6 is 11.3 Å². The lowest BCUT2D eigenvalue weighted by Crippen LogP contribution is -2.18. The lowest BCUT2D eigenvalue weighted by Gasteiger charge is -2.03. The van der Waals surface area contributed by atoms with E-state index in [2.05, 4.69) is 10.3 Å². The summed E-state index contributed by atoms with van der Waals surface area (Å²) in [6.07, 6.45) is 2.38. The summed E-state index contributed by atoms with van der Waals surface area (Å²) in [5, 5.41) is 15.2. The molecule has 0 radical (unpaired) electrons. The monoisotopic (exact) mass is 186 g/mol. The Bertz CT molecular complexity index is 199. The Labute approximate surface area is 76.5 Å². The zero-order valence-electron chi connectivity index (χ0n) is 7.16. The first-order chi connectivity index (χ1) is 5.79. The van der Waals surface area contributed by atoms with Crippen LogP contribution in [0.1, 0.15) is 18.4 Å². The highest BCUT2D eigenvalue weighted by Crippen LogP contribution is 2.02. The van der Waals surface area contributed by atoms with Crippen LogP contribution in [0.5, 0.6) is 0 Å². The molecule has 1 aromatic heterocycles. The van der Waals surface area contributed by atoms with Gasteiger partial charge >= 0.3 is 0 Å². The zero-order chi connectivity index (χ0) is 8.81. The average molecular weight is 186 g/mol. The summed E-state index contributed by atoms with van der Waals surface area (Å²) in [6.45, 7) is 3.45. The van der Waals surface area contributed by atoms with Crippen LogP contribution in [0.4, 0.5) is 0 Å². The summed E-state index contributed by atoms with van der Waals surface area (Å²) >= 11 is 1.65. The van der Waals surface area contributed by atoms with Crippen molar-refractivity contribution in [2.45, 2.75) is 26.0 Å². The highest BCUT2D eigenvalue weighted by Gasteiger charge is 1.96. The maximum Gasteiger partial charge on any atom is 0.106 e. The maximum atomic E-state index is 8.96. The second-order valence-corrected chi connectivity index (χ2v) is 3.72. The first kappa shape index (κ1) is 9.64. The largest absolute Gasteiger partial charge is 0.393 e. The van der Waals surface area contributed by atoms with Crippen molar-refractivity contribution in [2.24, 2.45) is 0 Å². The second-order valence-electron chi connectivity index (χ2n) is 2.74. The number of nitrogens with one attached hydrogen (secondary N) is 1. The predicted molar refractivity (Wildman–Crippen MR) is 50.1 cm³/mol. The van der Waals surface area contributed by atoms with E-state index in [1.54, 1.807) is 24.5 Å². The number of aliphatic hydroxyl groups excluding tert-OH is 1. The Morgan fingerprint density at radius 3 is 3.17 bits per heavy atom. The van der Waals surface area contributed by atoms with Gasteiger partial charge in [0.2, 0.25) is 0 Å². The quantitative estimate of drug-likeness (QED) is 0.674. The summed E-state index contributed by atoms with van der Waals surface area (Å²) in [4.78, 5) is 4.13. The van der Waals surface area contributed by atoms with E-state index in [9.17, 15) is 0 Å². The van der Waals surface area contributed by atoms with Crippen molar-refractivity contribution in [3.63, 3.8) is 0 Å². The molecule has 1 heterocycles. The molecule has 0 aliphatic carbocycles. The summed E-state index contributed by atoms with van der Waals surface area (Å²) in [5.41, 5.74) is 0. The molecule has 0 amide bonds. The van der Waals surface area contributed by atoms with Gasteiger partial charge in [0.25, 0.3) is 0 Å². The summed E-state index contributed by atoms with van der Waals surface area (Å²) in [6, 6.07) is 0. The molecule has 0 spiro atoms. The van der Waals surface area contributed by atoms with Crippen molar-refractivity contribution in [3.05, 3.63) is 16.6 Å². The van der Waals surface area contributed by atoms with Crippen LogP contribution in [0.3, 0.4) is 0 Å². The van der Waals surface area contributed by atoms with E-state index in [0.29, 0.717) is 0 Å². The van der Waals surface area contributed by atoms with Crippen LogP contribution in [0.25, 0.3) is 0 Å². The number of hydrogen-bond acceptors (Lipinski definition) is 4. The Hall–Kier alpha value is -0.450. The first-order valence-electron chi connectivity index (χ1n) is 4.06. The van der Waals surface area contributed by atoms with Gasteiger partial charge in [0.05, 0.1) is 6.10 Å². The fourth-order valence-corrected chi connectivity index (χ4v) is 1.43. The molecule has 1 aromatic rings. The van der Waals surface area contributed by atoms with E-state index in [1.807, 2.05) is 5.38 Å². The molecule has 0 fully saturated rings. The minimum Gasteiger partial charge on any atom is -0.393 e. The molecular weight excluding hydrogens is 172 g/mol. The molecule has 0 saturated carbocycles. The van der Waals surface area contributed by atoms with E-state index < -0.39 is 0 Å². The van der Waals surface area contributed by atoms with E-state index in [0.717, 1.165) is 24.5 Å². The standard InChI is InChI=1S/C8H14N2OS/c1-7(11)2-3-9-6-8-10-4-5-12-8/h4-5,7,9,11H,2-3,6H2,1H3. The molecule has 4 heteroatoms.